The molecule has 0 aliphatic heterocycles. The molecule has 0 saturated carbocycles. The van der Waals surface area contributed by atoms with Crippen molar-refractivity contribution in [3.63, 3.8) is 0 Å². The molecule has 0 aromatic rings. The average molecular weight is 286 g/mol. The molecular weight excluding hydrogens is 255 g/mol. The van der Waals surface area contributed by atoms with Crippen molar-refractivity contribution in [2.75, 3.05) is 0 Å². The zero-order valence-corrected chi connectivity index (χ0v) is 13.6. The molecule has 0 radical (unpaired) electrons. The number of carboxylic acid groups (broad SMARTS) is 1. The minimum absolute atomic E-state index is 0.0662. The van der Waals surface area contributed by atoms with Crippen molar-refractivity contribution in [3.8, 4) is 0 Å². The minimum atomic E-state index is -1.06. The van der Waals surface area contributed by atoms with Gasteiger partial charge < -0.3 is 5.11 Å². The lowest BCUT2D eigenvalue weighted by Crippen LogP contribution is -2.29. The van der Waals surface area contributed by atoms with Crippen LogP contribution in [-0.4, -0.2) is 11.1 Å². The molecule has 20 heavy (non-hydrogen) atoms. The van der Waals surface area contributed by atoms with E-state index in [0.717, 1.165) is 44.9 Å². The second kappa shape index (κ2) is 9.95. The molecule has 0 bridgehead atoms. The van der Waals surface area contributed by atoms with Crippen molar-refractivity contribution >= 4 is 5.97 Å². The molecule has 2 nitrogen and oxygen atoms in total. The Morgan fingerprint density at radius 1 is 0.950 bits per heavy atom. The summed E-state index contributed by atoms with van der Waals surface area (Å²) in [4.78, 5) is 11.7. The maximum Gasteiger partial charge on any atom is 0.334 e. The Bertz CT molecular complexity index is 304. The first-order valence-electron chi connectivity index (χ1n) is 8.11. The first-order chi connectivity index (χ1) is 9.48. The Balaban J connectivity index is 5.66. The quantitative estimate of drug-likeness (QED) is 0.482. The van der Waals surface area contributed by atoms with Crippen LogP contribution < -0.4 is 0 Å². The largest absolute Gasteiger partial charge is 0.478 e. The van der Waals surface area contributed by atoms with E-state index in [-0.39, 0.29) is 12.0 Å². The van der Waals surface area contributed by atoms with Gasteiger partial charge in [0.05, 0.1) is 5.57 Å². The highest BCUT2D eigenvalue weighted by Crippen LogP contribution is 2.44. The Kier molecular flexibility index (Phi) is 9.52. The van der Waals surface area contributed by atoms with E-state index in [4.69, 9.17) is 0 Å². The summed E-state index contributed by atoms with van der Waals surface area (Å²) < 4.78 is 14.5. The van der Waals surface area contributed by atoms with E-state index in [9.17, 15) is 14.3 Å². The van der Waals surface area contributed by atoms with Crippen LogP contribution >= 0.6 is 0 Å². The first kappa shape index (κ1) is 19.1. The van der Waals surface area contributed by atoms with E-state index < -0.39 is 17.2 Å². The third-order valence-corrected chi connectivity index (χ3v) is 3.95. The normalized spacial score (nSPS) is 13.2. The predicted molar refractivity (Wildman–Crippen MR) is 82.5 cm³/mol. The fourth-order valence-electron chi connectivity index (χ4n) is 3.27. The van der Waals surface area contributed by atoms with Crippen molar-refractivity contribution in [1.82, 2.24) is 0 Å². The average Bonchev–Trinajstić information content (AvgIpc) is 2.37. The summed E-state index contributed by atoms with van der Waals surface area (Å²) in [5.74, 6) is -1.45. The molecule has 0 aromatic carbocycles. The molecule has 0 aliphatic rings. The smallest absolute Gasteiger partial charge is 0.334 e. The molecule has 0 aromatic heterocycles. The van der Waals surface area contributed by atoms with Crippen LogP contribution in [0.25, 0.3) is 0 Å². The van der Waals surface area contributed by atoms with Gasteiger partial charge in [0.2, 0.25) is 0 Å². The van der Waals surface area contributed by atoms with Crippen LogP contribution in [0.3, 0.4) is 0 Å². The third kappa shape index (κ3) is 5.26. The molecule has 118 valence electrons. The monoisotopic (exact) mass is 286 g/mol. The molecule has 1 N–H and O–H groups in total. The maximum absolute atomic E-state index is 14.5. The van der Waals surface area contributed by atoms with E-state index in [1.54, 1.807) is 0 Å². The number of allylic oxidation sites excluding steroid dienone is 1. The van der Waals surface area contributed by atoms with Gasteiger partial charge >= 0.3 is 5.97 Å². The molecule has 0 rings (SSSR count). The summed E-state index contributed by atoms with van der Waals surface area (Å²) in [6.07, 6.45) is 6.79. The Hall–Kier alpha value is -0.860. The van der Waals surface area contributed by atoms with Gasteiger partial charge in [-0.05, 0) is 32.1 Å². The van der Waals surface area contributed by atoms with Gasteiger partial charge in [-0.3, -0.25) is 0 Å². The second-order valence-electron chi connectivity index (χ2n) is 5.72. The van der Waals surface area contributed by atoms with Crippen LogP contribution in [0.2, 0.25) is 0 Å². The highest BCUT2D eigenvalue weighted by atomic mass is 19.1. The van der Waals surface area contributed by atoms with E-state index >= 15 is 0 Å². The molecule has 0 saturated heterocycles. The van der Waals surface area contributed by atoms with Gasteiger partial charge in [-0.1, -0.05) is 53.4 Å². The second-order valence-corrected chi connectivity index (χ2v) is 5.72. The van der Waals surface area contributed by atoms with Crippen LogP contribution in [0.15, 0.2) is 11.4 Å². The van der Waals surface area contributed by atoms with Gasteiger partial charge in [-0.2, -0.15) is 0 Å². The number of carboxylic acids is 1. The number of carbonyl (C=O) groups is 1. The lowest BCUT2D eigenvalue weighted by molar-refractivity contribution is -0.134. The van der Waals surface area contributed by atoms with Crippen molar-refractivity contribution in [3.05, 3.63) is 11.4 Å². The minimum Gasteiger partial charge on any atom is -0.478 e. The fourth-order valence-corrected chi connectivity index (χ4v) is 3.27. The van der Waals surface area contributed by atoms with Crippen LogP contribution in [0.1, 0.15) is 85.5 Å². The molecule has 0 atom stereocenters. The number of hydrogen-bond acceptors (Lipinski definition) is 1. The zero-order chi connectivity index (χ0) is 15.6. The fraction of sp³-hybridized carbons (Fsp3) is 0.824. The third-order valence-electron chi connectivity index (χ3n) is 3.95. The Morgan fingerprint density at radius 2 is 1.40 bits per heavy atom. The standard InChI is InChI=1S/C17H31FO2/c1-5-9-10-14(18)15(16(19)20)17(11-6-2,12-7-3)13-8-4/h5-13H2,1-4H3,(H,19,20). The number of unbranched alkanes of at least 4 members (excludes halogenated alkanes) is 1. The summed E-state index contributed by atoms with van der Waals surface area (Å²) in [6.45, 7) is 8.13. The number of rotatable bonds is 11. The Morgan fingerprint density at radius 3 is 1.70 bits per heavy atom. The molecule has 0 spiro atoms. The Labute approximate surface area is 123 Å². The van der Waals surface area contributed by atoms with Gasteiger partial charge in [0.25, 0.3) is 0 Å². The molecular formula is C17H31FO2. The van der Waals surface area contributed by atoms with Gasteiger partial charge in [0, 0.05) is 5.41 Å². The van der Waals surface area contributed by atoms with Crippen LogP contribution in [0, 0.1) is 5.41 Å². The SMILES string of the molecule is CCCCC(F)=C(C(=O)O)C(CCC)(CCC)CCC. The van der Waals surface area contributed by atoms with Gasteiger partial charge in [-0.15, -0.1) is 0 Å². The summed E-state index contributed by atoms with van der Waals surface area (Å²) in [6, 6.07) is 0. The molecule has 0 aliphatic carbocycles. The summed E-state index contributed by atoms with van der Waals surface area (Å²) in [5, 5.41) is 9.56. The number of halogens is 1. The highest BCUT2D eigenvalue weighted by Gasteiger charge is 2.38. The molecule has 0 heterocycles. The van der Waals surface area contributed by atoms with E-state index in [1.165, 1.54) is 0 Å². The van der Waals surface area contributed by atoms with E-state index in [0.29, 0.717) is 6.42 Å². The van der Waals surface area contributed by atoms with Crippen LogP contribution in [-0.2, 0) is 4.79 Å². The van der Waals surface area contributed by atoms with Crippen molar-refractivity contribution in [2.45, 2.75) is 85.5 Å². The predicted octanol–water partition coefficient (Wildman–Crippen LogP) is 5.87. The lowest BCUT2D eigenvalue weighted by atomic mass is 9.69. The van der Waals surface area contributed by atoms with Gasteiger partial charge in [0.1, 0.15) is 5.83 Å². The number of hydrogen-bond donors (Lipinski definition) is 1. The molecule has 3 heteroatoms. The summed E-state index contributed by atoms with van der Waals surface area (Å²) in [5.41, 5.74) is -0.418. The molecule has 0 unspecified atom stereocenters. The lowest BCUT2D eigenvalue weighted by Gasteiger charge is -2.34. The molecule has 0 amide bonds. The zero-order valence-electron chi connectivity index (χ0n) is 13.6. The van der Waals surface area contributed by atoms with Crippen LogP contribution in [0.4, 0.5) is 4.39 Å². The first-order valence-corrected chi connectivity index (χ1v) is 8.11. The maximum atomic E-state index is 14.5. The summed E-state index contributed by atoms with van der Waals surface area (Å²) >= 11 is 0. The van der Waals surface area contributed by atoms with E-state index in [2.05, 4.69) is 0 Å². The molecule has 0 fully saturated rings. The van der Waals surface area contributed by atoms with E-state index in [1.807, 2.05) is 27.7 Å². The summed E-state index contributed by atoms with van der Waals surface area (Å²) in [7, 11) is 0. The van der Waals surface area contributed by atoms with Crippen molar-refractivity contribution in [1.29, 1.82) is 0 Å². The van der Waals surface area contributed by atoms with Gasteiger partial charge in [-0.25, -0.2) is 9.18 Å². The number of aliphatic carboxylic acids is 1. The van der Waals surface area contributed by atoms with Gasteiger partial charge in [0.15, 0.2) is 0 Å². The topological polar surface area (TPSA) is 37.3 Å². The van der Waals surface area contributed by atoms with Crippen molar-refractivity contribution in [2.24, 2.45) is 5.41 Å². The highest BCUT2D eigenvalue weighted by molar-refractivity contribution is 5.88. The van der Waals surface area contributed by atoms with Crippen LogP contribution in [0.5, 0.6) is 0 Å². The van der Waals surface area contributed by atoms with Crippen molar-refractivity contribution < 1.29 is 14.3 Å².